The molecule has 0 aromatic heterocycles. The zero-order valence-corrected chi connectivity index (χ0v) is 17.3. The highest BCUT2D eigenvalue weighted by atomic mass is 16.6. The molecule has 0 aliphatic carbocycles. The fourth-order valence-corrected chi connectivity index (χ4v) is 3.38. The number of rotatable bonds is 6. The number of hydrogen-bond donors (Lipinski definition) is 0. The first-order valence-electron chi connectivity index (χ1n) is 9.93. The molecule has 0 bridgehead atoms. The van der Waals surface area contributed by atoms with Crippen molar-refractivity contribution in [2.24, 2.45) is 0 Å². The van der Waals surface area contributed by atoms with Gasteiger partial charge in [-0.2, -0.15) is 0 Å². The molecule has 1 aliphatic rings. The summed E-state index contributed by atoms with van der Waals surface area (Å²) >= 11 is 0. The van der Waals surface area contributed by atoms with Crippen LogP contribution in [-0.2, 0) is 14.3 Å². The number of benzene rings is 2. The quantitative estimate of drug-likeness (QED) is 0.703. The number of nitrogens with zero attached hydrogens (tertiary/aromatic N) is 2. The number of ether oxygens (including phenoxy) is 2. The van der Waals surface area contributed by atoms with Gasteiger partial charge >= 0.3 is 5.97 Å². The van der Waals surface area contributed by atoms with Crippen LogP contribution in [-0.4, -0.2) is 55.7 Å². The maximum absolute atomic E-state index is 12.6. The van der Waals surface area contributed by atoms with Crippen molar-refractivity contribution >= 4 is 17.6 Å². The first-order valence-corrected chi connectivity index (χ1v) is 9.93. The highest BCUT2D eigenvalue weighted by molar-refractivity contribution is 5.84. The molecule has 1 atom stereocenters. The summed E-state index contributed by atoms with van der Waals surface area (Å²) in [7, 11) is 0. The van der Waals surface area contributed by atoms with Crippen molar-refractivity contribution in [1.29, 1.82) is 0 Å². The molecule has 0 saturated carbocycles. The van der Waals surface area contributed by atoms with Gasteiger partial charge in [0.05, 0.1) is 0 Å². The number of hydrogen-bond acceptors (Lipinski definition) is 5. The van der Waals surface area contributed by atoms with Crippen LogP contribution in [0.1, 0.15) is 18.1 Å². The molecule has 3 rings (SSSR count). The van der Waals surface area contributed by atoms with E-state index >= 15 is 0 Å². The lowest BCUT2D eigenvalue weighted by Gasteiger charge is -2.37. The Hall–Kier alpha value is -3.02. The molecule has 1 fully saturated rings. The lowest BCUT2D eigenvalue weighted by Crippen LogP contribution is -2.51. The molecule has 0 N–H and O–H groups in total. The van der Waals surface area contributed by atoms with Gasteiger partial charge in [0.2, 0.25) is 0 Å². The van der Waals surface area contributed by atoms with Crippen LogP contribution in [0.5, 0.6) is 5.75 Å². The van der Waals surface area contributed by atoms with Crippen LogP contribution in [0, 0.1) is 13.8 Å². The van der Waals surface area contributed by atoms with Gasteiger partial charge in [0.25, 0.3) is 5.91 Å². The maximum atomic E-state index is 12.6. The Morgan fingerprint density at radius 2 is 1.66 bits per heavy atom. The Kier molecular flexibility index (Phi) is 6.75. The first kappa shape index (κ1) is 20.7. The molecule has 1 aliphatic heterocycles. The molecule has 154 valence electrons. The third-order valence-electron chi connectivity index (χ3n) is 5.27. The van der Waals surface area contributed by atoms with Gasteiger partial charge in [-0.05, 0) is 50.1 Å². The summed E-state index contributed by atoms with van der Waals surface area (Å²) in [6.45, 7) is 8.04. The monoisotopic (exact) mass is 396 g/mol. The van der Waals surface area contributed by atoms with Crippen molar-refractivity contribution in [2.45, 2.75) is 26.9 Å². The summed E-state index contributed by atoms with van der Waals surface area (Å²) in [5.41, 5.74) is 3.23. The molecule has 1 heterocycles. The van der Waals surface area contributed by atoms with E-state index in [1.807, 2.05) is 50.2 Å². The zero-order chi connectivity index (χ0) is 20.8. The minimum Gasteiger partial charge on any atom is -0.482 e. The first-order chi connectivity index (χ1) is 14.0. The van der Waals surface area contributed by atoms with Crippen LogP contribution >= 0.6 is 0 Å². The smallest absolute Gasteiger partial charge is 0.344 e. The summed E-state index contributed by atoms with van der Waals surface area (Å²) in [6.07, 6.45) is -0.826. The lowest BCUT2D eigenvalue weighted by atomic mass is 10.1. The molecule has 0 spiro atoms. The van der Waals surface area contributed by atoms with E-state index in [2.05, 4.69) is 17.0 Å². The van der Waals surface area contributed by atoms with E-state index in [0.717, 1.165) is 29.9 Å². The van der Waals surface area contributed by atoms with Gasteiger partial charge in [-0.1, -0.05) is 30.3 Å². The molecule has 6 heteroatoms. The van der Waals surface area contributed by atoms with Crippen molar-refractivity contribution in [3.63, 3.8) is 0 Å². The number of aryl methyl sites for hydroxylation is 1. The standard InChI is InChI=1S/C23H28N2O4/c1-17-8-7-11-21(18(17)2)28-16-22(26)29-19(3)23(27)25-14-12-24(13-15-25)20-9-5-4-6-10-20/h4-11,19H,12-16H2,1-3H3/t19-/m1/s1. The summed E-state index contributed by atoms with van der Waals surface area (Å²) in [4.78, 5) is 28.8. The molecule has 6 nitrogen and oxygen atoms in total. The van der Waals surface area contributed by atoms with Crippen LogP contribution in [0.25, 0.3) is 0 Å². The highest BCUT2D eigenvalue weighted by Crippen LogP contribution is 2.20. The maximum Gasteiger partial charge on any atom is 0.344 e. The average Bonchev–Trinajstić information content (AvgIpc) is 2.75. The van der Waals surface area contributed by atoms with E-state index in [-0.39, 0.29) is 12.5 Å². The largest absolute Gasteiger partial charge is 0.482 e. The normalized spacial score (nSPS) is 15.0. The second kappa shape index (κ2) is 9.45. The van der Waals surface area contributed by atoms with Crippen LogP contribution < -0.4 is 9.64 Å². The Morgan fingerprint density at radius 1 is 0.966 bits per heavy atom. The van der Waals surface area contributed by atoms with Gasteiger partial charge in [0.1, 0.15) is 5.75 Å². The predicted molar refractivity (Wildman–Crippen MR) is 112 cm³/mol. The van der Waals surface area contributed by atoms with Gasteiger partial charge in [-0.3, -0.25) is 4.79 Å². The number of carbonyl (C=O) groups is 2. The molecule has 2 aromatic rings. The molecule has 29 heavy (non-hydrogen) atoms. The van der Waals surface area contributed by atoms with E-state index in [0.29, 0.717) is 18.8 Å². The Labute approximate surface area is 172 Å². The molecule has 0 radical (unpaired) electrons. The van der Waals surface area contributed by atoms with E-state index in [1.165, 1.54) is 0 Å². The Morgan fingerprint density at radius 3 is 2.34 bits per heavy atom. The van der Waals surface area contributed by atoms with Crippen molar-refractivity contribution in [1.82, 2.24) is 4.90 Å². The van der Waals surface area contributed by atoms with Gasteiger partial charge in [-0.25, -0.2) is 4.79 Å². The van der Waals surface area contributed by atoms with Gasteiger partial charge in [0.15, 0.2) is 12.7 Å². The second-order valence-corrected chi connectivity index (χ2v) is 7.27. The summed E-state index contributed by atoms with van der Waals surface area (Å²) in [5, 5.41) is 0. The van der Waals surface area contributed by atoms with Crippen LogP contribution in [0.2, 0.25) is 0 Å². The number of esters is 1. The number of para-hydroxylation sites is 1. The third-order valence-corrected chi connectivity index (χ3v) is 5.27. The van der Waals surface area contributed by atoms with Crippen LogP contribution in [0.3, 0.4) is 0 Å². The second-order valence-electron chi connectivity index (χ2n) is 7.27. The van der Waals surface area contributed by atoms with E-state index in [9.17, 15) is 9.59 Å². The summed E-state index contributed by atoms with van der Waals surface area (Å²) in [6, 6.07) is 15.8. The fraction of sp³-hybridized carbons (Fsp3) is 0.391. The van der Waals surface area contributed by atoms with Crippen molar-refractivity contribution in [3.8, 4) is 5.75 Å². The number of anilines is 1. The van der Waals surface area contributed by atoms with E-state index in [1.54, 1.807) is 11.8 Å². The van der Waals surface area contributed by atoms with Gasteiger partial charge < -0.3 is 19.3 Å². The number of piperazine rings is 1. The average molecular weight is 396 g/mol. The van der Waals surface area contributed by atoms with E-state index < -0.39 is 12.1 Å². The van der Waals surface area contributed by atoms with Crippen LogP contribution in [0.4, 0.5) is 5.69 Å². The predicted octanol–water partition coefficient (Wildman–Crippen LogP) is 2.96. The molecule has 2 aromatic carbocycles. The van der Waals surface area contributed by atoms with Crippen molar-refractivity contribution in [3.05, 3.63) is 59.7 Å². The SMILES string of the molecule is Cc1cccc(OCC(=O)O[C@H](C)C(=O)N2CCN(c3ccccc3)CC2)c1C. The fourth-order valence-electron chi connectivity index (χ4n) is 3.38. The minimum absolute atomic E-state index is 0.169. The van der Waals surface area contributed by atoms with E-state index in [4.69, 9.17) is 9.47 Å². The van der Waals surface area contributed by atoms with Crippen molar-refractivity contribution < 1.29 is 19.1 Å². The molecule has 1 amide bonds. The molecule has 0 unspecified atom stereocenters. The topological polar surface area (TPSA) is 59.1 Å². The molecule has 1 saturated heterocycles. The van der Waals surface area contributed by atoms with Crippen LogP contribution in [0.15, 0.2) is 48.5 Å². The highest BCUT2D eigenvalue weighted by Gasteiger charge is 2.27. The molecular weight excluding hydrogens is 368 g/mol. The number of carbonyl (C=O) groups excluding carboxylic acids is 2. The lowest BCUT2D eigenvalue weighted by molar-refractivity contribution is -0.160. The zero-order valence-electron chi connectivity index (χ0n) is 17.3. The van der Waals surface area contributed by atoms with Gasteiger partial charge in [0, 0.05) is 31.9 Å². The summed E-state index contributed by atoms with van der Waals surface area (Å²) in [5.74, 6) is -0.0644. The Bertz CT molecular complexity index is 845. The number of amides is 1. The van der Waals surface area contributed by atoms with Crippen molar-refractivity contribution in [2.75, 3.05) is 37.7 Å². The molecular formula is C23H28N2O4. The minimum atomic E-state index is -0.826. The Balaban J connectivity index is 1.45. The summed E-state index contributed by atoms with van der Waals surface area (Å²) < 4.78 is 10.9. The third kappa shape index (κ3) is 5.28. The van der Waals surface area contributed by atoms with Gasteiger partial charge in [-0.15, -0.1) is 0 Å².